The van der Waals surface area contributed by atoms with Crippen LogP contribution in [0, 0.1) is 0 Å². The molecular weight excluding hydrogens is 379 g/mol. The van der Waals surface area contributed by atoms with E-state index in [2.05, 4.69) is 4.98 Å². The molecule has 2 aromatic rings. The van der Waals surface area contributed by atoms with Gasteiger partial charge in [-0.25, -0.2) is 9.78 Å². The number of hydrogen-bond donors (Lipinski definition) is 1. The summed E-state index contributed by atoms with van der Waals surface area (Å²) in [5, 5.41) is 11.2. The number of rotatable bonds is 7. The quantitative estimate of drug-likeness (QED) is 0.743. The summed E-state index contributed by atoms with van der Waals surface area (Å²) < 4.78 is 10.3. The van der Waals surface area contributed by atoms with Crippen LogP contribution in [0.1, 0.15) is 25.0 Å². The molecule has 1 unspecified atom stereocenters. The van der Waals surface area contributed by atoms with Gasteiger partial charge in [-0.2, -0.15) is 0 Å². The highest BCUT2D eigenvalue weighted by molar-refractivity contribution is 6.42. The summed E-state index contributed by atoms with van der Waals surface area (Å²) in [4.78, 5) is 17.8. The second-order valence-corrected chi connectivity index (χ2v) is 6.17. The van der Waals surface area contributed by atoms with Gasteiger partial charge in [-0.15, -0.1) is 0 Å². The summed E-state index contributed by atoms with van der Waals surface area (Å²) >= 11 is 12.0. The fourth-order valence-corrected chi connectivity index (χ4v) is 2.71. The Balaban J connectivity index is 2.18. The highest BCUT2D eigenvalue weighted by Gasteiger charge is 2.21. The van der Waals surface area contributed by atoms with Crippen LogP contribution in [0.3, 0.4) is 0 Å². The predicted octanol–water partition coefficient (Wildman–Crippen LogP) is 4.48. The first-order valence-corrected chi connectivity index (χ1v) is 8.79. The standard InChI is InChI=1S/C18H20Cl2N2O4/c1-3-26-18(24)22(12-6-7-14(19)15(20)11-12)10-8-16(23)13-5-4-9-21-17(13)25-2/h4-7,9,11,16,23H,3,8,10H2,1-2H3. The van der Waals surface area contributed by atoms with Crippen LogP contribution in [-0.2, 0) is 4.74 Å². The zero-order valence-corrected chi connectivity index (χ0v) is 16.0. The summed E-state index contributed by atoms with van der Waals surface area (Å²) in [5.41, 5.74) is 1.08. The van der Waals surface area contributed by atoms with Crippen LogP contribution in [0.15, 0.2) is 36.5 Å². The molecule has 1 aromatic heterocycles. The first kappa shape index (κ1) is 20.3. The van der Waals surface area contributed by atoms with E-state index in [-0.39, 0.29) is 19.6 Å². The van der Waals surface area contributed by atoms with Gasteiger partial charge in [0.2, 0.25) is 5.88 Å². The van der Waals surface area contributed by atoms with Crippen LogP contribution in [0.2, 0.25) is 10.0 Å². The second-order valence-electron chi connectivity index (χ2n) is 5.36. The Hall–Kier alpha value is -2.02. The number of aromatic nitrogens is 1. The van der Waals surface area contributed by atoms with E-state index in [1.165, 1.54) is 12.0 Å². The molecule has 0 aliphatic rings. The molecule has 0 saturated carbocycles. The maximum Gasteiger partial charge on any atom is 0.414 e. The lowest BCUT2D eigenvalue weighted by atomic mass is 10.1. The van der Waals surface area contributed by atoms with Gasteiger partial charge in [-0.3, -0.25) is 4.90 Å². The Labute approximate surface area is 162 Å². The van der Waals surface area contributed by atoms with Crippen molar-refractivity contribution in [3.8, 4) is 5.88 Å². The fraction of sp³-hybridized carbons (Fsp3) is 0.333. The fourth-order valence-electron chi connectivity index (χ4n) is 2.41. The van der Waals surface area contributed by atoms with Crippen molar-refractivity contribution in [2.24, 2.45) is 0 Å². The highest BCUT2D eigenvalue weighted by Crippen LogP contribution is 2.29. The summed E-state index contributed by atoms with van der Waals surface area (Å²) in [6.45, 7) is 2.16. The van der Waals surface area contributed by atoms with Gasteiger partial charge in [-0.1, -0.05) is 23.2 Å². The maximum atomic E-state index is 12.3. The molecule has 0 aliphatic carbocycles. The average molecular weight is 399 g/mol. The Bertz CT molecular complexity index is 758. The molecule has 8 heteroatoms. The first-order chi connectivity index (χ1) is 12.5. The van der Waals surface area contributed by atoms with Crippen molar-refractivity contribution in [1.29, 1.82) is 0 Å². The minimum Gasteiger partial charge on any atom is -0.481 e. The summed E-state index contributed by atoms with van der Waals surface area (Å²) in [6, 6.07) is 8.29. The van der Waals surface area contributed by atoms with E-state index in [0.29, 0.717) is 27.2 Å². The van der Waals surface area contributed by atoms with Crippen LogP contribution in [0.25, 0.3) is 0 Å². The lowest BCUT2D eigenvalue weighted by molar-refractivity contribution is 0.150. The molecule has 0 bridgehead atoms. The van der Waals surface area contributed by atoms with E-state index >= 15 is 0 Å². The average Bonchev–Trinajstić information content (AvgIpc) is 2.64. The Morgan fingerprint density at radius 1 is 1.31 bits per heavy atom. The number of anilines is 1. The van der Waals surface area contributed by atoms with Crippen molar-refractivity contribution in [3.05, 3.63) is 52.1 Å². The Kier molecular flexibility index (Phi) is 7.50. The van der Waals surface area contributed by atoms with E-state index in [0.717, 1.165) is 0 Å². The third-order valence-electron chi connectivity index (χ3n) is 3.68. The molecule has 26 heavy (non-hydrogen) atoms. The molecule has 140 valence electrons. The smallest absolute Gasteiger partial charge is 0.414 e. The van der Waals surface area contributed by atoms with Gasteiger partial charge >= 0.3 is 6.09 Å². The van der Waals surface area contributed by atoms with Crippen molar-refractivity contribution in [2.75, 3.05) is 25.2 Å². The zero-order valence-electron chi connectivity index (χ0n) is 14.5. The lowest BCUT2D eigenvalue weighted by Gasteiger charge is -2.24. The molecule has 0 aliphatic heterocycles. The number of ether oxygens (including phenoxy) is 2. The first-order valence-electron chi connectivity index (χ1n) is 8.04. The third-order valence-corrected chi connectivity index (χ3v) is 4.42. The van der Waals surface area contributed by atoms with Crippen LogP contribution in [0.4, 0.5) is 10.5 Å². The number of aliphatic hydroxyl groups is 1. The van der Waals surface area contributed by atoms with E-state index < -0.39 is 12.2 Å². The lowest BCUT2D eigenvalue weighted by Crippen LogP contribution is -2.33. The normalized spacial score (nSPS) is 11.7. The van der Waals surface area contributed by atoms with Crippen molar-refractivity contribution < 1.29 is 19.4 Å². The van der Waals surface area contributed by atoms with E-state index in [1.807, 2.05) is 0 Å². The SMILES string of the molecule is CCOC(=O)N(CCC(O)c1cccnc1OC)c1ccc(Cl)c(Cl)c1. The number of hydrogen-bond acceptors (Lipinski definition) is 5. The van der Waals surface area contributed by atoms with Gasteiger partial charge in [0.1, 0.15) is 0 Å². The zero-order chi connectivity index (χ0) is 19.1. The van der Waals surface area contributed by atoms with Crippen molar-refractivity contribution in [1.82, 2.24) is 4.98 Å². The number of methoxy groups -OCH3 is 1. The number of carbonyl (C=O) groups excluding carboxylic acids is 1. The van der Waals surface area contributed by atoms with Crippen molar-refractivity contribution in [3.63, 3.8) is 0 Å². The van der Waals surface area contributed by atoms with E-state index in [4.69, 9.17) is 32.7 Å². The number of halogens is 2. The molecule has 1 aromatic carbocycles. The van der Waals surface area contributed by atoms with Crippen molar-refractivity contribution in [2.45, 2.75) is 19.4 Å². The molecule has 0 fully saturated rings. The van der Waals surface area contributed by atoms with Gasteiger partial charge in [0.15, 0.2) is 0 Å². The molecule has 1 amide bonds. The van der Waals surface area contributed by atoms with E-state index in [9.17, 15) is 9.90 Å². The summed E-state index contributed by atoms with van der Waals surface area (Å²) in [5.74, 6) is 0.345. The van der Waals surface area contributed by atoms with Gasteiger partial charge in [0.05, 0.1) is 29.9 Å². The number of nitrogens with zero attached hydrogens (tertiary/aromatic N) is 2. The number of aliphatic hydroxyl groups excluding tert-OH is 1. The molecule has 2 rings (SSSR count). The van der Waals surface area contributed by atoms with Crippen LogP contribution in [0.5, 0.6) is 5.88 Å². The van der Waals surface area contributed by atoms with Gasteiger partial charge < -0.3 is 14.6 Å². The van der Waals surface area contributed by atoms with Crippen LogP contribution in [-0.4, -0.2) is 36.4 Å². The number of benzene rings is 1. The van der Waals surface area contributed by atoms with Crippen LogP contribution < -0.4 is 9.64 Å². The number of pyridine rings is 1. The minimum absolute atomic E-state index is 0.204. The topological polar surface area (TPSA) is 71.9 Å². The summed E-state index contributed by atoms with van der Waals surface area (Å²) in [6.07, 6.45) is 0.436. The minimum atomic E-state index is -0.863. The molecule has 1 heterocycles. The van der Waals surface area contributed by atoms with Crippen molar-refractivity contribution >= 4 is 35.0 Å². The molecule has 1 N–H and O–H groups in total. The summed E-state index contributed by atoms with van der Waals surface area (Å²) in [7, 11) is 1.49. The molecule has 0 saturated heterocycles. The van der Waals surface area contributed by atoms with Gasteiger partial charge in [0, 0.05) is 24.0 Å². The number of carbonyl (C=O) groups is 1. The maximum absolute atomic E-state index is 12.3. The molecule has 0 radical (unpaired) electrons. The molecular formula is C18H20Cl2N2O4. The Morgan fingerprint density at radius 2 is 2.08 bits per heavy atom. The monoisotopic (exact) mass is 398 g/mol. The van der Waals surface area contributed by atoms with Crippen LogP contribution >= 0.6 is 23.2 Å². The molecule has 0 spiro atoms. The largest absolute Gasteiger partial charge is 0.481 e. The van der Waals surface area contributed by atoms with Gasteiger partial charge in [-0.05, 0) is 43.7 Å². The highest BCUT2D eigenvalue weighted by atomic mass is 35.5. The molecule has 1 atom stereocenters. The predicted molar refractivity (Wildman–Crippen MR) is 101 cm³/mol. The van der Waals surface area contributed by atoms with E-state index in [1.54, 1.807) is 43.5 Å². The Morgan fingerprint density at radius 3 is 2.73 bits per heavy atom. The number of amides is 1. The third kappa shape index (κ3) is 5.00. The molecule has 6 nitrogen and oxygen atoms in total. The second kappa shape index (κ2) is 9.62. The van der Waals surface area contributed by atoms with Gasteiger partial charge in [0.25, 0.3) is 0 Å².